The van der Waals surface area contributed by atoms with Crippen LogP contribution in [0.2, 0.25) is 0 Å². The third-order valence-electron chi connectivity index (χ3n) is 5.86. The molecule has 0 fully saturated rings. The Kier molecular flexibility index (Phi) is 7.52. The van der Waals surface area contributed by atoms with Crippen molar-refractivity contribution in [2.75, 3.05) is 41.6 Å². The van der Waals surface area contributed by atoms with E-state index in [0.29, 0.717) is 41.5 Å². The molecule has 1 aromatic heterocycles. The molecule has 1 atom stereocenters. The van der Waals surface area contributed by atoms with Crippen LogP contribution in [0.25, 0.3) is 17.0 Å². The van der Waals surface area contributed by atoms with Gasteiger partial charge >= 0.3 is 0 Å². The molecule has 1 aliphatic rings. The van der Waals surface area contributed by atoms with Gasteiger partial charge in [0.25, 0.3) is 5.89 Å². The first-order valence-electron chi connectivity index (χ1n) is 11.0. The molecule has 9 nitrogen and oxygen atoms in total. The largest absolute Gasteiger partial charge is 0.497 e. The lowest BCUT2D eigenvalue weighted by Crippen LogP contribution is -2.47. The summed E-state index contributed by atoms with van der Waals surface area (Å²) in [5, 5.41) is 8.25. The molecule has 184 valence electrons. The van der Waals surface area contributed by atoms with Crippen molar-refractivity contribution in [3.05, 3.63) is 59.6 Å². The molecule has 0 aliphatic carbocycles. The van der Waals surface area contributed by atoms with Gasteiger partial charge < -0.3 is 33.7 Å². The molecule has 2 heterocycles. The van der Waals surface area contributed by atoms with Gasteiger partial charge in [-0.25, -0.2) is 0 Å². The molecule has 0 amide bonds. The van der Waals surface area contributed by atoms with Gasteiger partial charge in [-0.05, 0) is 61.1 Å². The Morgan fingerprint density at radius 1 is 1.00 bits per heavy atom. The van der Waals surface area contributed by atoms with Crippen molar-refractivity contribution in [1.29, 1.82) is 0 Å². The molecule has 0 radical (unpaired) electrons. The van der Waals surface area contributed by atoms with Gasteiger partial charge in [0.1, 0.15) is 5.75 Å². The highest BCUT2D eigenvalue weighted by Crippen LogP contribution is 2.40. The number of ether oxygens (including phenoxy) is 4. The third kappa shape index (κ3) is 4.94. The fraction of sp³-hybridized carbons (Fsp3) is 0.320. The van der Waals surface area contributed by atoms with E-state index in [2.05, 4.69) is 10.5 Å². The highest BCUT2D eigenvalue weighted by atomic mass is 32.1. The topological polar surface area (TPSA) is 91.1 Å². The second kappa shape index (κ2) is 10.7. The number of hydrogen-bond acceptors (Lipinski definition) is 8. The van der Waals surface area contributed by atoms with Crippen LogP contribution in [0.1, 0.15) is 24.4 Å². The number of methoxy groups -OCH3 is 4. The quantitative estimate of drug-likeness (QED) is 0.437. The second-order valence-electron chi connectivity index (χ2n) is 7.79. The number of hydrogen-bond donors (Lipinski definition) is 1. The molecule has 35 heavy (non-hydrogen) atoms. The lowest BCUT2D eigenvalue weighted by Gasteiger charge is -2.37. The van der Waals surface area contributed by atoms with Crippen molar-refractivity contribution in [3.8, 4) is 28.6 Å². The van der Waals surface area contributed by atoms with Crippen LogP contribution in [0.5, 0.6) is 17.2 Å². The van der Waals surface area contributed by atoms with Crippen LogP contribution in [0.3, 0.4) is 0 Å². The molecule has 1 N–H and O–H groups in total. The first-order valence-corrected chi connectivity index (χ1v) is 11.4. The number of nitrogens with zero attached hydrogens (tertiary/aromatic N) is 3. The van der Waals surface area contributed by atoms with Crippen LogP contribution in [0, 0.1) is 0 Å². The lowest BCUT2D eigenvalue weighted by atomic mass is 9.94. The number of thiocarbonyl (C=S) groups is 1. The Morgan fingerprint density at radius 2 is 1.74 bits per heavy atom. The Bertz CT molecular complexity index is 1220. The van der Waals surface area contributed by atoms with E-state index >= 15 is 0 Å². The fourth-order valence-electron chi connectivity index (χ4n) is 3.98. The van der Waals surface area contributed by atoms with E-state index < -0.39 is 0 Å². The first kappa shape index (κ1) is 24.5. The van der Waals surface area contributed by atoms with Crippen LogP contribution in [-0.4, -0.2) is 61.7 Å². The Labute approximate surface area is 209 Å². The average molecular weight is 497 g/mol. The van der Waals surface area contributed by atoms with Gasteiger partial charge in [-0.2, -0.15) is 4.98 Å². The predicted molar refractivity (Wildman–Crippen MR) is 135 cm³/mol. The summed E-state index contributed by atoms with van der Waals surface area (Å²) in [6.07, 6.45) is 0. The summed E-state index contributed by atoms with van der Waals surface area (Å²) in [7, 11) is 6.49. The van der Waals surface area contributed by atoms with E-state index in [4.69, 9.17) is 40.7 Å². The van der Waals surface area contributed by atoms with Gasteiger partial charge in [-0.1, -0.05) is 11.2 Å². The van der Waals surface area contributed by atoms with Gasteiger partial charge in [-0.3, -0.25) is 0 Å². The Hall–Kier alpha value is -3.63. The number of aromatic nitrogens is 2. The van der Waals surface area contributed by atoms with Crippen LogP contribution < -0.4 is 19.5 Å². The molecular weight excluding hydrogens is 468 g/mol. The smallest absolute Gasteiger partial charge is 0.258 e. The third-order valence-corrected chi connectivity index (χ3v) is 6.20. The SMILES string of the molecule is COCCN1C(=S)NC(c2ccc(OC)c(OC)c2)C(c2nc(-c3ccc(OC)cc3)no2)=C1C. The highest BCUT2D eigenvalue weighted by Gasteiger charge is 2.34. The number of allylic oxidation sites excluding steroid dienone is 1. The van der Waals surface area contributed by atoms with Crippen molar-refractivity contribution in [2.45, 2.75) is 13.0 Å². The lowest BCUT2D eigenvalue weighted by molar-refractivity contribution is 0.183. The van der Waals surface area contributed by atoms with E-state index in [9.17, 15) is 0 Å². The van der Waals surface area contributed by atoms with E-state index in [1.54, 1.807) is 28.4 Å². The van der Waals surface area contributed by atoms with Crippen molar-refractivity contribution >= 4 is 22.9 Å². The van der Waals surface area contributed by atoms with Crippen LogP contribution >= 0.6 is 12.2 Å². The minimum atomic E-state index is -0.342. The summed E-state index contributed by atoms with van der Waals surface area (Å²) < 4.78 is 27.2. The summed E-state index contributed by atoms with van der Waals surface area (Å²) in [5.74, 6) is 2.87. The van der Waals surface area contributed by atoms with Gasteiger partial charge in [-0.15, -0.1) is 0 Å². The molecule has 1 unspecified atom stereocenters. The molecule has 0 saturated carbocycles. The van der Waals surface area contributed by atoms with E-state index in [1.165, 1.54) is 0 Å². The predicted octanol–water partition coefficient (Wildman–Crippen LogP) is 4.07. The van der Waals surface area contributed by atoms with Gasteiger partial charge in [0.05, 0.1) is 39.6 Å². The molecule has 1 aliphatic heterocycles. The molecule has 4 rings (SSSR count). The summed E-state index contributed by atoms with van der Waals surface area (Å²) in [4.78, 5) is 6.70. The zero-order valence-corrected chi connectivity index (χ0v) is 21.1. The minimum Gasteiger partial charge on any atom is -0.497 e. The highest BCUT2D eigenvalue weighted by molar-refractivity contribution is 7.80. The van der Waals surface area contributed by atoms with Crippen LogP contribution in [-0.2, 0) is 4.74 Å². The maximum atomic E-state index is 5.78. The Balaban J connectivity index is 1.79. The number of rotatable bonds is 9. The van der Waals surface area contributed by atoms with Crippen molar-refractivity contribution in [3.63, 3.8) is 0 Å². The summed E-state index contributed by atoms with van der Waals surface area (Å²) in [6.45, 7) is 3.08. The molecule has 2 aromatic carbocycles. The second-order valence-corrected chi connectivity index (χ2v) is 8.18. The molecule has 0 bridgehead atoms. The van der Waals surface area contributed by atoms with Gasteiger partial charge in [0.2, 0.25) is 5.82 Å². The maximum Gasteiger partial charge on any atom is 0.258 e. The molecule has 10 heteroatoms. The van der Waals surface area contributed by atoms with E-state index in [-0.39, 0.29) is 6.04 Å². The van der Waals surface area contributed by atoms with Crippen molar-refractivity contribution in [1.82, 2.24) is 20.4 Å². The number of benzene rings is 2. The average Bonchev–Trinajstić information content (AvgIpc) is 3.37. The monoisotopic (exact) mass is 496 g/mol. The first-order chi connectivity index (χ1) is 17.0. The van der Waals surface area contributed by atoms with Gasteiger partial charge in [0.15, 0.2) is 16.6 Å². The molecular formula is C25H28N4O5S. The van der Waals surface area contributed by atoms with Gasteiger partial charge in [0, 0.05) is 24.9 Å². The van der Waals surface area contributed by atoms with E-state index in [1.807, 2.05) is 54.3 Å². The van der Waals surface area contributed by atoms with Crippen LogP contribution in [0.15, 0.2) is 52.7 Å². The van der Waals surface area contributed by atoms with Crippen molar-refractivity contribution < 1.29 is 23.5 Å². The molecule has 0 spiro atoms. The van der Waals surface area contributed by atoms with Crippen molar-refractivity contribution in [2.24, 2.45) is 0 Å². The zero-order valence-electron chi connectivity index (χ0n) is 20.3. The molecule has 3 aromatic rings. The minimum absolute atomic E-state index is 0.342. The Morgan fingerprint density at radius 3 is 2.40 bits per heavy atom. The molecule has 0 saturated heterocycles. The standard InChI is InChI=1S/C25H28N4O5S/c1-15-21(24-27-23(28-34-24)16-6-9-18(31-3)10-7-16)22(26-25(35)29(15)12-13-30-2)17-8-11-19(32-4)20(14-17)33-5/h6-11,14,22H,12-13H2,1-5H3,(H,26,35). The fourth-order valence-corrected chi connectivity index (χ4v) is 4.33. The summed E-state index contributed by atoms with van der Waals surface area (Å²) >= 11 is 5.70. The summed E-state index contributed by atoms with van der Waals surface area (Å²) in [6, 6.07) is 12.9. The normalized spacial score (nSPS) is 15.7. The van der Waals surface area contributed by atoms with E-state index in [0.717, 1.165) is 28.1 Å². The van der Waals surface area contributed by atoms with Crippen LogP contribution in [0.4, 0.5) is 0 Å². The summed E-state index contributed by atoms with van der Waals surface area (Å²) in [5.41, 5.74) is 3.44. The number of nitrogens with one attached hydrogen (secondary N) is 1. The maximum absolute atomic E-state index is 5.78. The zero-order chi connectivity index (χ0) is 24.9.